The molecule has 3 heteroatoms. The molecule has 0 radical (unpaired) electrons. The first kappa shape index (κ1) is 12.8. The fraction of sp³-hybridized carbons (Fsp3) is 0.133. The highest BCUT2D eigenvalue weighted by atomic mass is 35.5. The van der Waals surface area contributed by atoms with Crippen molar-refractivity contribution in [3.8, 4) is 0 Å². The Balaban J connectivity index is 2.16. The van der Waals surface area contributed by atoms with Gasteiger partial charge in [0.05, 0.1) is 5.02 Å². The molecule has 0 saturated heterocycles. The molecule has 0 bridgehead atoms. The highest BCUT2D eigenvalue weighted by molar-refractivity contribution is 6.30. The predicted octanol–water partition coefficient (Wildman–Crippen LogP) is 4.21. The van der Waals surface area contributed by atoms with Crippen molar-refractivity contribution in [3.63, 3.8) is 0 Å². The molecule has 0 heterocycles. The number of Topliss-reactive ketones (excluding diaryl/α,β-unsaturated/α-hetero) is 1. The molecule has 0 amide bonds. The van der Waals surface area contributed by atoms with Crippen molar-refractivity contribution in [2.45, 2.75) is 13.3 Å². The molecule has 2 aromatic rings. The Hall–Kier alpha value is -1.67. The Morgan fingerprint density at radius 1 is 1.17 bits per heavy atom. The molecule has 0 aliphatic carbocycles. The monoisotopic (exact) mass is 262 g/mol. The van der Waals surface area contributed by atoms with Crippen LogP contribution in [0.25, 0.3) is 0 Å². The average molecular weight is 263 g/mol. The van der Waals surface area contributed by atoms with E-state index < -0.39 is 5.82 Å². The van der Waals surface area contributed by atoms with Crippen LogP contribution >= 0.6 is 11.6 Å². The number of benzene rings is 2. The fourth-order valence-corrected chi connectivity index (χ4v) is 1.78. The first-order chi connectivity index (χ1) is 8.56. The zero-order chi connectivity index (χ0) is 13.1. The van der Waals surface area contributed by atoms with Gasteiger partial charge in [0.15, 0.2) is 5.78 Å². The highest BCUT2D eigenvalue weighted by Crippen LogP contribution is 2.17. The number of aryl methyl sites for hydroxylation is 1. The van der Waals surface area contributed by atoms with Gasteiger partial charge < -0.3 is 0 Å². The summed E-state index contributed by atoms with van der Waals surface area (Å²) in [5.41, 5.74) is 2.40. The van der Waals surface area contributed by atoms with Crippen LogP contribution < -0.4 is 0 Å². The van der Waals surface area contributed by atoms with E-state index in [2.05, 4.69) is 0 Å². The number of carbonyl (C=O) groups is 1. The molecule has 0 N–H and O–H groups in total. The average Bonchev–Trinajstić information content (AvgIpc) is 2.35. The number of carbonyl (C=O) groups excluding carboxylic acids is 1. The van der Waals surface area contributed by atoms with Gasteiger partial charge in [-0.25, -0.2) is 4.39 Å². The second-order valence-electron chi connectivity index (χ2n) is 4.21. The maximum Gasteiger partial charge on any atom is 0.167 e. The van der Waals surface area contributed by atoms with Crippen molar-refractivity contribution in [1.82, 2.24) is 0 Å². The van der Waals surface area contributed by atoms with Crippen LogP contribution in [-0.2, 0) is 6.42 Å². The molecule has 0 unspecified atom stereocenters. The lowest BCUT2D eigenvalue weighted by Crippen LogP contribution is -2.04. The van der Waals surface area contributed by atoms with E-state index in [0.717, 1.165) is 11.1 Å². The molecule has 18 heavy (non-hydrogen) atoms. The SMILES string of the molecule is Cc1ccc(CC(=O)c2ccc(Cl)c(F)c2)cc1. The molecule has 0 spiro atoms. The standard InChI is InChI=1S/C15H12ClFO/c1-10-2-4-11(5-3-10)8-15(18)12-6-7-13(16)14(17)9-12/h2-7,9H,8H2,1H3. The summed E-state index contributed by atoms with van der Waals surface area (Å²) in [6.45, 7) is 1.99. The van der Waals surface area contributed by atoms with E-state index in [1.165, 1.54) is 12.1 Å². The lowest BCUT2D eigenvalue weighted by Gasteiger charge is -2.03. The summed E-state index contributed by atoms with van der Waals surface area (Å²) in [5.74, 6) is -0.680. The minimum atomic E-state index is -0.563. The largest absolute Gasteiger partial charge is 0.294 e. The van der Waals surface area contributed by atoms with E-state index >= 15 is 0 Å². The molecule has 1 nitrogen and oxygen atoms in total. The molecule has 0 saturated carbocycles. The molecule has 0 aliphatic rings. The third-order valence-corrected chi connectivity index (χ3v) is 3.03. The van der Waals surface area contributed by atoms with Crippen molar-refractivity contribution in [2.75, 3.05) is 0 Å². The van der Waals surface area contributed by atoms with Gasteiger partial charge in [-0.2, -0.15) is 0 Å². The summed E-state index contributed by atoms with van der Waals surface area (Å²) in [4.78, 5) is 12.0. The van der Waals surface area contributed by atoms with Crippen molar-refractivity contribution in [2.24, 2.45) is 0 Å². The van der Waals surface area contributed by atoms with Crippen LogP contribution in [0.5, 0.6) is 0 Å². The minimum absolute atomic E-state index is 0.0295. The maximum absolute atomic E-state index is 13.2. The third kappa shape index (κ3) is 2.96. The van der Waals surface area contributed by atoms with Crippen LogP contribution in [0, 0.1) is 12.7 Å². The lowest BCUT2D eigenvalue weighted by atomic mass is 10.0. The quantitative estimate of drug-likeness (QED) is 0.757. The third-order valence-electron chi connectivity index (χ3n) is 2.73. The van der Waals surface area contributed by atoms with Crippen LogP contribution in [0.1, 0.15) is 21.5 Å². The van der Waals surface area contributed by atoms with Crippen LogP contribution in [-0.4, -0.2) is 5.78 Å². The molecule has 2 rings (SSSR count). The van der Waals surface area contributed by atoms with Crippen molar-refractivity contribution < 1.29 is 9.18 Å². The van der Waals surface area contributed by atoms with Crippen molar-refractivity contribution >= 4 is 17.4 Å². The fourth-order valence-electron chi connectivity index (χ4n) is 1.66. The van der Waals surface area contributed by atoms with Crippen LogP contribution in [0.15, 0.2) is 42.5 Å². The number of rotatable bonds is 3. The van der Waals surface area contributed by atoms with Gasteiger partial charge in [0.2, 0.25) is 0 Å². The van der Waals surface area contributed by atoms with Gasteiger partial charge in [-0.15, -0.1) is 0 Å². The molecular formula is C15H12ClFO. The summed E-state index contributed by atoms with van der Waals surface area (Å²) in [7, 11) is 0. The summed E-state index contributed by atoms with van der Waals surface area (Å²) in [5, 5.41) is 0.0295. The minimum Gasteiger partial charge on any atom is -0.294 e. The Labute approximate surface area is 110 Å². The van der Waals surface area contributed by atoms with Gasteiger partial charge >= 0.3 is 0 Å². The smallest absolute Gasteiger partial charge is 0.167 e. The number of hydrogen-bond acceptors (Lipinski definition) is 1. The molecule has 2 aromatic carbocycles. The van der Waals surface area contributed by atoms with E-state index in [4.69, 9.17) is 11.6 Å². The zero-order valence-electron chi connectivity index (χ0n) is 9.91. The van der Waals surface area contributed by atoms with Gasteiger partial charge in [-0.3, -0.25) is 4.79 Å². The van der Waals surface area contributed by atoms with Crippen molar-refractivity contribution in [3.05, 3.63) is 70.0 Å². The molecule has 0 aliphatic heterocycles. The van der Waals surface area contributed by atoms with E-state index in [1.807, 2.05) is 31.2 Å². The molecular weight excluding hydrogens is 251 g/mol. The van der Waals surface area contributed by atoms with Gasteiger partial charge in [-0.1, -0.05) is 41.4 Å². The first-order valence-corrected chi connectivity index (χ1v) is 5.98. The number of ketones is 1. The normalized spacial score (nSPS) is 10.4. The summed E-state index contributed by atoms with van der Waals surface area (Å²) in [6, 6.07) is 11.8. The van der Waals surface area contributed by atoms with E-state index in [1.54, 1.807) is 6.07 Å². The second-order valence-corrected chi connectivity index (χ2v) is 4.62. The first-order valence-electron chi connectivity index (χ1n) is 5.60. The Morgan fingerprint density at radius 3 is 2.44 bits per heavy atom. The van der Waals surface area contributed by atoms with E-state index in [0.29, 0.717) is 5.56 Å². The maximum atomic E-state index is 13.2. The van der Waals surface area contributed by atoms with Crippen LogP contribution in [0.3, 0.4) is 0 Å². The Kier molecular flexibility index (Phi) is 3.78. The van der Waals surface area contributed by atoms with Crippen molar-refractivity contribution in [1.29, 1.82) is 0 Å². The van der Waals surface area contributed by atoms with Gasteiger partial charge in [0.25, 0.3) is 0 Å². The summed E-state index contributed by atoms with van der Waals surface area (Å²) >= 11 is 5.58. The predicted molar refractivity (Wildman–Crippen MR) is 70.6 cm³/mol. The zero-order valence-corrected chi connectivity index (χ0v) is 10.7. The lowest BCUT2D eigenvalue weighted by molar-refractivity contribution is 0.0992. The Bertz CT molecular complexity index is 576. The van der Waals surface area contributed by atoms with Gasteiger partial charge in [0.1, 0.15) is 5.82 Å². The molecule has 92 valence electrons. The number of hydrogen-bond donors (Lipinski definition) is 0. The summed E-state index contributed by atoms with van der Waals surface area (Å²) in [6.07, 6.45) is 0.265. The van der Waals surface area contributed by atoms with Crippen LogP contribution in [0.2, 0.25) is 5.02 Å². The Morgan fingerprint density at radius 2 is 1.83 bits per heavy atom. The molecule has 0 atom stereocenters. The topological polar surface area (TPSA) is 17.1 Å². The van der Waals surface area contributed by atoms with E-state index in [-0.39, 0.29) is 17.2 Å². The summed E-state index contributed by atoms with van der Waals surface area (Å²) < 4.78 is 13.2. The van der Waals surface area contributed by atoms with Crippen LogP contribution in [0.4, 0.5) is 4.39 Å². The second kappa shape index (κ2) is 5.32. The van der Waals surface area contributed by atoms with Gasteiger partial charge in [0, 0.05) is 12.0 Å². The molecule has 0 aromatic heterocycles. The highest BCUT2D eigenvalue weighted by Gasteiger charge is 2.09. The number of halogens is 2. The van der Waals surface area contributed by atoms with Gasteiger partial charge in [-0.05, 0) is 30.7 Å². The van der Waals surface area contributed by atoms with E-state index in [9.17, 15) is 9.18 Å². The molecule has 0 fully saturated rings.